The summed E-state index contributed by atoms with van der Waals surface area (Å²) in [5.74, 6) is 0. The van der Waals surface area contributed by atoms with Gasteiger partial charge < -0.3 is 9.80 Å². The molecule has 0 unspecified atom stereocenters. The Morgan fingerprint density at radius 2 is 1.10 bits per heavy atom. The van der Waals surface area contributed by atoms with Gasteiger partial charge in [0.2, 0.25) is 0 Å². The average Bonchev–Trinajstić information content (AvgIpc) is 3.67. The van der Waals surface area contributed by atoms with E-state index in [0.717, 1.165) is 36.3 Å². The van der Waals surface area contributed by atoms with E-state index in [1.807, 2.05) is 11.3 Å². The highest BCUT2D eigenvalue weighted by Gasteiger charge is 2.49. The molecule has 0 saturated carbocycles. The molecule has 3 nitrogen and oxygen atoms in total. The monoisotopic (exact) mass is 910 g/mol. The molecule has 0 amide bonds. The summed E-state index contributed by atoms with van der Waals surface area (Å²) < 4.78 is 2.66. The molecule has 1 aromatic heterocycles. The lowest BCUT2D eigenvalue weighted by molar-refractivity contribution is 0.332. The van der Waals surface area contributed by atoms with E-state index in [2.05, 4.69) is 222 Å². The van der Waals surface area contributed by atoms with Gasteiger partial charge in [0.15, 0.2) is 0 Å². The van der Waals surface area contributed by atoms with Gasteiger partial charge in [-0.3, -0.25) is 0 Å². The molecule has 3 heterocycles. The lowest BCUT2D eigenvalue weighted by atomic mass is 9.35. The topological polar surface area (TPSA) is 30.3 Å². The minimum absolute atomic E-state index is 0.00983. The number of hydrogen-bond donors (Lipinski definition) is 0. The van der Waals surface area contributed by atoms with Gasteiger partial charge in [-0.25, -0.2) is 0 Å². The third-order valence-electron chi connectivity index (χ3n) is 16.9. The molecule has 344 valence electrons. The van der Waals surface area contributed by atoms with E-state index in [0.29, 0.717) is 5.56 Å². The van der Waals surface area contributed by atoms with E-state index < -0.39 is 0 Å². The maximum Gasteiger partial charge on any atom is 0.264 e. The highest BCUT2D eigenvalue weighted by Crippen LogP contribution is 2.55. The van der Waals surface area contributed by atoms with E-state index >= 15 is 0 Å². The molecule has 6 aromatic carbocycles. The Hall–Kier alpha value is -5.57. The van der Waals surface area contributed by atoms with Crippen LogP contribution in [-0.4, -0.2) is 6.71 Å². The van der Waals surface area contributed by atoms with E-state index in [4.69, 9.17) is 0 Å². The molecule has 0 atom stereocenters. The Bertz CT molecular complexity index is 3290. The van der Waals surface area contributed by atoms with Crippen molar-refractivity contribution in [3.63, 3.8) is 0 Å². The SMILES string of the molecule is CC(C)(C)c1ccc(N2c3cc(C#N)cc4c3B(c3cc5c(cc3N4c3ccc4c(c3)C(C)(C)CCC4(C)C)C(C)(C)CCC5(C)C)c3sc4ccc(C(C)(C)C)cc4c32)c(-c2ccccc2)c1. The molecule has 5 heteroatoms. The maximum absolute atomic E-state index is 11.2. The quantitative estimate of drug-likeness (QED) is 0.166. The Balaban J connectivity index is 1.30. The van der Waals surface area contributed by atoms with Gasteiger partial charge in [0.05, 0.1) is 23.0 Å². The number of anilines is 6. The van der Waals surface area contributed by atoms with Crippen LogP contribution in [0, 0.1) is 11.3 Å². The van der Waals surface area contributed by atoms with Crippen LogP contribution in [-0.2, 0) is 32.5 Å². The Morgan fingerprint density at radius 3 is 1.72 bits per heavy atom. The molecular weight excluding hydrogens is 842 g/mol. The summed E-state index contributed by atoms with van der Waals surface area (Å²) in [5.41, 5.74) is 21.1. The Labute approximate surface area is 411 Å². The largest absolute Gasteiger partial charge is 0.311 e. The number of fused-ring (bicyclic) bond motifs is 8. The van der Waals surface area contributed by atoms with Gasteiger partial charge in [-0.1, -0.05) is 152 Å². The van der Waals surface area contributed by atoms with Crippen molar-refractivity contribution in [3.8, 4) is 17.2 Å². The summed E-state index contributed by atoms with van der Waals surface area (Å²) >= 11 is 1.97. The van der Waals surface area contributed by atoms with Crippen molar-refractivity contribution in [2.24, 2.45) is 0 Å². The maximum atomic E-state index is 11.2. The van der Waals surface area contributed by atoms with Gasteiger partial charge >= 0.3 is 0 Å². The van der Waals surface area contributed by atoms with E-state index in [-0.39, 0.29) is 39.2 Å². The van der Waals surface area contributed by atoms with Crippen LogP contribution >= 0.6 is 11.3 Å². The van der Waals surface area contributed by atoms with Crippen LogP contribution in [0.5, 0.6) is 0 Å². The number of nitrogens with zero attached hydrogens (tertiary/aromatic N) is 3. The third kappa shape index (κ3) is 6.78. The second kappa shape index (κ2) is 14.7. The normalized spacial score (nSPS) is 18.3. The molecule has 68 heavy (non-hydrogen) atoms. The van der Waals surface area contributed by atoms with Gasteiger partial charge in [-0.15, -0.1) is 11.3 Å². The molecule has 2 aliphatic carbocycles. The molecule has 0 bridgehead atoms. The van der Waals surface area contributed by atoms with Crippen LogP contribution in [0.1, 0.15) is 162 Å². The van der Waals surface area contributed by atoms with Crippen LogP contribution in [0.2, 0.25) is 0 Å². The standard InChI is InChI=1S/C63H68BN3S/c1-58(2,3)40-20-24-50(43(32-40)39-18-16-15-17-19-39)67-53-31-38(37-65)30-52-55(53)64(57-56(67)44-33-41(59(4,5)6)21-25-54(44)68-57)49-35-47-48(63(13,14)29-28-62(47,11)12)36-51(49)66(52)42-22-23-45-46(34-42)61(9,10)27-26-60(45,7)8/h15-25,30-36H,26-29H2,1-14H3. The zero-order chi connectivity index (χ0) is 48.2. The number of benzene rings is 6. The molecular formula is C63H68BN3S. The van der Waals surface area contributed by atoms with Crippen molar-refractivity contribution >= 4 is 78.0 Å². The second-order valence-corrected chi connectivity index (χ2v) is 26.6. The molecule has 0 spiro atoms. The first-order valence-electron chi connectivity index (χ1n) is 25.2. The summed E-state index contributed by atoms with van der Waals surface area (Å²) in [6, 6.07) is 45.1. The summed E-state index contributed by atoms with van der Waals surface area (Å²) in [5, 5.41) is 12.5. The van der Waals surface area contributed by atoms with Crippen molar-refractivity contribution in [2.45, 2.75) is 155 Å². The van der Waals surface area contributed by atoms with Gasteiger partial charge in [-0.05, 0) is 163 Å². The molecule has 2 aliphatic heterocycles. The molecule has 7 aromatic rings. The molecule has 11 rings (SSSR count). The van der Waals surface area contributed by atoms with Crippen molar-refractivity contribution in [3.05, 3.63) is 148 Å². The zero-order valence-electron chi connectivity index (χ0n) is 43.0. The van der Waals surface area contributed by atoms with Gasteiger partial charge in [0, 0.05) is 43.2 Å². The van der Waals surface area contributed by atoms with Crippen molar-refractivity contribution in [1.82, 2.24) is 0 Å². The lowest BCUT2D eigenvalue weighted by Crippen LogP contribution is -2.61. The molecule has 0 fully saturated rings. The summed E-state index contributed by atoms with van der Waals surface area (Å²) in [4.78, 5) is 5.16. The fourth-order valence-electron chi connectivity index (χ4n) is 12.4. The first kappa shape index (κ1) is 44.9. The van der Waals surface area contributed by atoms with Gasteiger partial charge in [0.25, 0.3) is 6.71 Å². The highest BCUT2D eigenvalue weighted by atomic mass is 32.1. The van der Waals surface area contributed by atoms with Gasteiger partial charge in [0.1, 0.15) is 0 Å². The minimum atomic E-state index is -0.0544. The third-order valence-corrected chi connectivity index (χ3v) is 18.1. The first-order chi connectivity index (χ1) is 31.9. The van der Waals surface area contributed by atoms with Crippen LogP contribution in [0.3, 0.4) is 0 Å². The van der Waals surface area contributed by atoms with Crippen LogP contribution in [0.25, 0.3) is 21.2 Å². The predicted molar refractivity (Wildman–Crippen MR) is 294 cm³/mol. The van der Waals surface area contributed by atoms with E-state index in [1.165, 1.54) is 93.8 Å². The smallest absolute Gasteiger partial charge is 0.264 e. The molecule has 0 N–H and O–H groups in total. The van der Waals surface area contributed by atoms with Crippen LogP contribution < -0.4 is 25.5 Å². The summed E-state index contributed by atoms with van der Waals surface area (Å²) in [6.07, 6.45) is 4.60. The number of hydrogen-bond acceptors (Lipinski definition) is 4. The summed E-state index contributed by atoms with van der Waals surface area (Å²) in [7, 11) is 0. The molecule has 0 radical (unpaired) electrons. The lowest BCUT2D eigenvalue weighted by Gasteiger charge is -2.47. The fraction of sp³-hybridized carbons (Fsp3) is 0.381. The van der Waals surface area contributed by atoms with Crippen molar-refractivity contribution in [1.29, 1.82) is 5.26 Å². The molecule has 4 aliphatic rings. The zero-order valence-corrected chi connectivity index (χ0v) is 43.9. The Morgan fingerprint density at radius 1 is 0.544 bits per heavy atom. The number of rotatable bonds is 3. The van der Waals surface area contributed by atoms with Crippen LogP contribution in [0.4, 0.5) is 34.1 Å². The Kier molecular flexibility index (Phi) is 9.73. The van der Waals surface area contributed by atoms with Gasteiger partial charge in [-0.2, -0.15) is 5.26 Å². The van der Waals surface area contributed by atoms with E-state index in [9.17, 15) is 5.26 Å². The van der Waals surface area contributed by atoms with E-state index in [1.54, 1.807) is 0 Å². The summed E-state index contributed by atoms with van der Waals surface area (Å²) in [6.45, 7) is 33.4. The first-order valence-corrected chi connectivity index (χ1v) is 26.0. The average molecular weight is 910 g/mol. The number of nitriles is 1. The second-order valence-electron chi connectivity index (χ2n) is 25.5. The molecule has 0 saturated heterocycles. The van der Waals surface area contributed by atoms with Crippen molar-refractivity contribution < 1.29 is 0 Å². The fourth-order valence-corrected chi connectivity index (χ4v) is 13.7. The number of thiophene rings is 1. The highest BCUT2D eigenvalue weighted by molar-refractivity contribution is 7.33. The van der Waals surface area contributed by atoms with Crippen molar-refractivity contribution in [2.75, 3.05) is 9.80 Å². The van der Waals surface area contributed by atoms with Crippen LogP contribution in [0.15, 0.2) is 109 Å². The predicted octanol–water partition coefficient (Wildman–Crippen LogP) is 15.8. The minimum Gasteiger partial charge on any atom is -0.311 e.